The number of aliphatic carboxylic acids is 1. The van der Waals surface area contributed by atoms with Gasteiger partial charge in [-0.25, -0.2) is 9.78 Å². The van der Waals surface area contributed by atoms with Crippen molar-refractivity contribution in [3.63, 3.8) is 0 Å². The van der Waals surface area contributed by atoms with Gasteiger partial charge in [0, 0.05) is 5.38 Å². The number of amides is 1. The number of carbonyl (C=O) groups excluding carboxylic acids is 2. The lowest BCUT2D eigenvalue weighted by Crippen LogP contribution is -2.77. The zero-order chi connectivity index (χ0) is 21.7. The molecule has 2 unspecified atom stereocenters. The standard InChI is InChI=1S/C13H17N5O8S2/c1-12(2,10(21)22)26-17-7(5-4-27-11(14)16-5)8(19)6-9(20)18(13(6,3)15)28(23,24)25/h4,6H,15H2,1-3H3,(H2,14,16)(H,21,22)(H,23,24,25). The monoisotopic (exact) mass is 435 g/mol. The van der Waals surface area contributed by atoms with Gasteiger partial charge in [0.25, 0.3) is 5.91 Å². The van der Waals surface area contributed by atoms with Crippen LogP contribution >= 0.6 is 11.3 Å². The Balaban J connectivity index is 2.46. The van der Waals surface area contributed by atoms with Gasteiger partial charge in [-0.3, -0.25) is 14.1 Å². The van der Waals surface area contributed by atoms with Crippen molar-refractivity contribution >= 4 is 50.1 Å². The second kappa shape index (κ2) is 6.77. The first kappa shape index (κ1) is 21.7. The van der Waals surface area contributed by atoms with E-state index in [1.54, 1.807) is 0 Å². The van der Waals surface area contributed by atoms with E-state index in [-0.39, 0.29) is 15.1 Å². The van der Waals surface area contributed by atoms with E-state index < -0.39 is 50.9 Å². The molecule has 0 aromatic carbocycles. The third-order valence-electron chi connectivity index (χ3n) is 3.84. The molecular formula is C13H17N5O8S2. The Labute approximate surface area is 162 Å². The summed E-state index contributed by atoms with van der Waals surface area (Å²) in [6.45, 7) is 3.37. The normalized spacial score (nSPS) is 23.3. The fraction of sp³-hybridized carbons (Fsp3) is 0.462. The van der Waals surface area contributed by atoms with Crippen molar-refractivity contribution in [3.8, 4) is 0 Å². The molecule has 15 heteroatoms. The quantitative estimate of drug-likeness (QED) is 0.131. The summed E-state index contributed by atoms with van der Waals surface area (Å²) in [4.78, 5) is 45.0. The largest absolute Gasteiger partial charge is 0.478 e. The van der Waals surface area contributed by atoms with Crippen molar-refractivity contribution < 1.29 is 37.3 Å². The van der Waals surface area contributed by atoms with Crippen molar-refractivity contribution in [2.75, 3.05) is 5.73 Å². The number of anilines is 1. The Kier molecular flexibility index (Phi) is 5.24. The number of rotatable bonds is 7. The SMILES string of the molecule is CC(C)(ON=C(C(=O)C1C(=O)N(S(=O)(=O)O)C1(C)N)c1csc(N)n1)C(=O)O. The van der Waals surface area contributed by atoms with Crippen molar-refractivity contribution in [1.82, 2.24) is 9.29 Å². The minimum atomic E-state index is -5.00. The fourth-order valence-electron chi connectivity index (χ4n) is 2.35. The lowest BCUT2D eigenvalue weighted by Gasteiger charge is -2.49. The average Bonchev–Trinajstić information content (AvgIpc) is 2.90. The molecule has 6 N–H and O–H groups in total. The molecule has 1 fully saturated rings. The molecule has 1 saturated heterocycles. The third kappa shape index (κ3) is 3.68. The van der Waals surface area contributed by atoms with Gasteiger partial charge in [0.2, 0.25) is 11.4 Å². The number of hydrogen-bond donors (Lipinski definition) is 4. The first-order valence-corrected chi connectivity index (χ1v) is 9.74. The number of carboxylic acid groups (broad SMARTS) is 1. The van der Waals surface area contributed by atoms with Crippen LogP contribution < -0.4 is 11.5 Å². The van der Waals surface area contributed by atoms with E-state index in [1.807, 2.05) is 0 Å². The molecule has 0 bridgehead atoms. The van der Waals surface area contributed by atoms with E-state index in [1.165, 1.54) is 5.38 Å². The van der Waals surface area contributed by atoms with E-state index in [0.29, 0.717) is 0 Å². The zero-order valence-electron chi connectivity index (χ0n) is 14.8. The number of Topliss-reactive ketones (excluding diaryl/α,β-unsaturated/α-hetero) is 1. The second-order valence-corrected chi connectivity index (χ2v) is 8.67. The third-order valence-corrected chi connectivity index (χ3v) is 5.55. The molecule has 13 nitrogen and oxygen atoms in total. The molecule has 0 aliphatic carbocycles. The Morgan fingerprint density at radius 1 is 1.46 bits per heavy atom. The summed E-state index contributed by atoms with van der Waals surface area (Å²) in [5, 5.41) is 14.0. The number of aromatic nitrogens is 1. The van der Waals surface area contributed by atoms with Crippen LogP contribution in [-0.2, 0) is 29.5 Å². The molecule has 1 amide bonds. The first-order chi connectivity index (χ1) is 12.6. The van der Waals surface area contributed by atoms with Crippen LogP contribution in [0.3, 0.4) is 0 Å². The van der Waals surface area contributed by atoms with Crippen molar-refractivity contribution in [1.29, 1.82) is 0 Å². The summed E-state index contributed by atoms with van der Waals surface area (Å²) in [6.07, 6.45) is 0. The van der Waals surface area contributed by atoms with Crippen molar-refractivity contribution in [2.24, 2.45) is 16.8 Å². The van der Waals surface area contributed by atoms with Gasteiger partial charge < -0.3 is 21.4 Å². The van der Waals surface area contributed by atoms with Gasteiger partial charge >= 0.3 is 16.3 Å². The van der Waals surface area contributed by atoms with Gasteiger partial charge in [0.05, 0.1) is 0 Å². The maximum Gasteiger partial charge on any atom is 0.363 e. The van der Waals surface area contributed by atoms with E-state index in [2.05, 4.69) is 10.1 Å². The van der Waals surface area contributed by atoms with Crippen LogP contribution in [0.1, 0.15) is 26.5 Å². The molecule has 0 saturated carbocycles. The van der Waals surface area contributed by atoms with Crippen LogP contribution in [0.5, 0.6) is 0 Å². The van der Waals surface area contributed by atoms with E-state index in [9.17, 15) is 22.8 Å². The summed E-state index contributed by atoms with van der Waals surface area (Å²) in [6, 6.07) is 0. The highest BCUT2D eigenvalue weighted by Crippen LogP contribution is 2.37. The summed E-state index contributed by atoms with van der Waals surface area (Å²) in [5.74, 6) is -5.50. The molecular weight excluding hydrogens is 418 g/mol. The maximum atomic E-state index is 12.9. The highest BCUT2D eigenvalue weighted by molar-refractivity contribution is 7.84. The van der Waals surface area contributed by atoms with Gasteiger partial charge in [-0.2, -0.15) is 12.7 Å². The molecule has 1 aliphatic heterocycles. The number of thiazole rings is 1. The minimum absolute atomic E-state index is 0.0440. The first-order valence-electron chi connectivity index (χ1n) is 7.46. The predicted octanol–water partition coefficient (Wildman–Crippen LogP) is -1.19. The molecule has 2 atom stereocenters. The Morgan fingerprint density at radius 2 is 2.04 bits per heavy atom. The molecule has 2 rings (SSSR count). The maximum absolute atomic E-state index is 12.9. The van der Waals surface area contributed by atoms with E-state index in [0.717, 1.165) is 32.1 Å². The van der Waals surface area contributed by atoms with Gasteiger partial charge in [0.15, 0.2) is 10.8 Å². The van der Waals surface area contributed by atoms with E-state index >= 15 is 0 Å². The number of oxime groups is 1. The summed E-state index contributed by atoms with van der Waals surface area (Å²) < 4.78 is 31.7. The molecule has 0 spiro atoms. The lowest BCUT2D eigenvalue weighted by atomic mass is 9.80. The number of carboxylic acids is 1. The van der Waals surface area contributed by atoms with Crippen LogP contribution in [0, 0.1) is 5.92 Å². The molecule has 1 aliphatic rings. The number of hydrogen-bond acceptors (Lipinski definition) is 11. The van der Waals surface area contributed by atoms with Crippen LogP contribution in [-0.4, -0.2) is 62.0 Å². The van der Waals surface area contributed by atoms with Gasteiger partial charge in [0.1, 0.15) is 17.3 Å². The molecule has 0 radical (unpaired) electrons. The minimum Gasteiger partial charge on any atom is -0.478 e. The smallest absolute Gasteiger partial charge is 0.363 e. The van der Waals surface area contributed by atoms with Crippen LogP contribution in [0.15, 0.2) is 10.5 Å². The lowest BCUT2D eigenvalue weighted by molar-refractivity contribution is -0.162. The summed E-state index contributed by atoms with van der Waals surface area (Å²) in [5.41, 5.74) is 6.65. The highest BCUT2D eigenvalue weighted by Gasteiger charge is 2.64. The summed E-state index contributed by atoms with van der Waals surface area (Å²) in [7, 11) is -5.00. The predicted molar refractivity (Wildman–Crippen MR) is 95.3 cm³/mol. The number of β-lactam (4-membered cyclic amide) rings is 1. The Bertz CT molecular complexity index is 981. The van der Waals surface area contributed by atoms with Gasteiger partial charge in [-0.15, -0.1) is 11.3 Å². The van der Waals surface area contributed by atoms with Crippen molar-refractivity contribution in [2.45, 2.75) is 32.0 Å². The molecule has 28 heavy (non-hydrogen) atoms. The Hall–Kier alpha value is -2.62. The second-order valence-electron chi connectivity index (χ2n) is 6.52. The number of nitrogen functional groups attached to an aromatic ring is 1. The van der Waals surface area contributed by atoms with Crippen LogP contribution in [0.25, 0.3) is 0 Å². The number of nitrogens with two attached hydrogens (primary N) is 2. The van der Waals surface area contributed by atoms with Crippen LogP contribution in [0.2, 0.25) is 0 Å². The summed E-state index contributed by atoms with van der Waals surface area (Å²) >= 11 is 0.932. The highest BCUT2D eigenvalue weighted by atomic mass is 32.2. The molecule has 1 aromatic rings. The average molecular weight is 435 g/mol. The number of carbonyl (C=O) groups is 3. The van der Waals surface area contributed by atoms with Crippen LogP contribution in [0.4, 0.5) is 5.13 Å². The Morgan fingerprint density at radius 3 is 2.43 bits per heavy atom. The van der Waals surface area contributed by atoms with Gasteiger partial charge in [-0.1, -0.05) is 5.16 Å². The van der Waals surface area contributed by atoms with E-state index in [4.69, 9.17) is 26.0 Å². The molecule has 154 valence electrons. The fourth-order valence-corrected chi connectivity index (χ4v) is 3.83. The topological polar surface area (TPSA) is 216 Å². The van der Waals surface area contributed by atoms with Gasteiger partial charge in [-0.05, 0) is 20.8 Å². The zero-order valence-corrected chi connectivity index (χ0v) is 16.4. The number of nitrogens with zero attached hydrogens (tertiary/aromatic N) is 3. The molecule has 2 heterocycles. The van der Waals surface area contributed by atoms with Crippen molar-refractivity contribution in [3.05, 3.63) is 11.1 Å². The molecule has 1 aromatic heterocycles. The number of ketones is 1.